The van der Waals surface area contributed by atoms with Gasteiger partial charge in [0.05, 0.1) is 21.6 Å². The minimum Gasteiger partial charge on any atom is -0.345 e. The van der Waals surface area contributed by atoms with E-state index < -0.39 is 4.92 Å². The number of carbonyl (C=O) groups is 1. The Morgan fingerprint density at radius 1 is 1.50 bits per heavy atom. The van der Waals surface area contributed by atoms with Gasteiger partial charge in [0, 0.05) is 11.5 Å². The van der Waals surface area contributed by atoms with E-state index in [2.05, 4.69) is 4.98 Å². The number of nitro benzene ring substituents is 1. The molecule has 0 bridgehead atoms. The molecule has 2 aromatic rings. The summed E-state index contributed by atoms with van der Waals surface area (Å²) in [5, 5.41) is 11.5. The molecule has 0 radical (unpaired) electrons. The summed E-state index contributed by atoms with van der Waals surface area (Å²) in [6.45, 7) is 1.61. The molecule has 0 amide bonds. The topological polar surface area (TPSA) is 76.0 Å². The molecular weight excluding hydrogens is 232 g/mol. The number of hydrogen-bond donors (Lipinski definition) is 1. The van der Waals surface area contributed by atoms with Crippen molar-refractivity contribution in [3.8, 4) is 0 Å². The summed E-state index contributed by atoms with van der Waals surface area (Å²) in [7, 11) is 0. The van der Waals surface area contributed by atoms with Crippen molar-refractivity contribution in [2.75, 3.05) is 0 Å². The van der Waals surface area contributed by atoms with E-state index in [9.17, 15) is 14.9 Å². The highest BCUT2D eigenvalue weighted by Gasteiger charge is 2.17. The molecule has 0 unspecified atom stereocenters. The lowest BCUT2D eigenvalue weighted by molar-refractivity contribution is -0.385. The second kappa shape index (κ2) is 3.61. The van der Waals surface area contributed by atoms with E-state index in [-0.39, 0.29) is 10.8 Å². The van der Waals surface area contributed by atoms with E-state index in [0.29, 0.717) is 28.3 Å². The maximum atomic E-state index is 10.8. The van der Waals surface area contributed by atoms with Crippen LogP contribution in [0.15, 0.2) is 12.1 Å². The van der Waals surface area contributed by atoms with Crippen LogP contribution in [0.1, 0.15) is 15.9 Å². The molecule has 0 saturated heterocycles. The van der Waals surface area contributed by atoms with Crippen molar-refractivity contribution in [2.45, 2.75) is 6.92 Å². The Labute approximate surface area is 95.2 Å². The van der Waals surface area contributed by atoms with Crippen LogP contribution in [0.4, 0.5) is 5.69 Å². The van der Waals surface area contributed by atoms with Gasteiger partial charge in [-0.15, -0.1) is 0 Å². The number of hydrogen-bond acceptors (Lipinski definition) is 3. The van der Waals surface area contributed by atoms with E-state index in [4.69, 9.17) is 11.6 Å². The Morgan fingerprint density at radius 3 is 2.75 bits per heavy atom. The zero-order chi connectivity index (χ0) is 11.9. The van der Waals surface area contributed by atoms with Crippen LogP contribution >= 0.6 is 11.6 Å². The number of H-pyrrole nitrogens is 1. The molecule has 16 heavy (non-hydrogen) atoms. The third-order valence-corrected chi connectivity index (χ3v) is 2.81. The number of halogens is 1. The maximum Gasteiger partial charge on any atom is 0.274 e. The summed E-state index contributed by atoms with van der Waals surface area (Å²) in [4.78, 5) is 23.8. The van der Waals surface area contributed by atoms with Crippen molar-refractivity contribution in [3.05, 3.63) is 38.5 Å². The second-order valence-electron chi connectivity index (χ2n) is 3.36. The lowest BCUT2D eigenvalue weighted by atomic mass is 10.1. The zero-order valence-corrected chi connectivity index (χ0v) is 9.04. The van der Waals surface area contributed by atoms with Gasteiger partial charge in [-0.25, -0.2) is 0 Å². The number of nitrogens with zero attached hydrogens (tertiary/aromatic N) is 1. The number of aromatic nitrogens is 1. The lowest BCUT2D eigenvalue weighted by Gasteiger charge is -1.98. The van der Waals surface area contributed by atoms with Crippen molar-refractivity contribution in [2.24, 2.45) is 0 Å². The summed E-state index contributed by atoms with van der Waals surface area (Å²) in [5.41, 5.74) is 1.33. The Bertz CT molecular complexity index is 604. The van der Waals surface area contributed by atoms with E-state index in [0.717, 1.165) is 0 Å². The van der Waals surface area contributed by atoms with Crippen LogP contribution < -0.4 is 0 Å². The van der Waals surface area contributed by atoms with Gasteiger partial charge in [-0.3, -0.25) is 14.9 Å². The Kier molecular flexibility index (Phi) is 2.40. The van der Waals surface area contributed by atoms with Gasteiger partial charge >= 0.3 is 0 Å². The highest BCUT2D eigenvalue weighted by Crippen LogP contribution is 2.31. The molecule has 1 aromatic heterocycles. The van der Waals surface area contributed by atoms with Gasteiger partial charge in [-0.1, -0.05) is 11.6 Å². The third-order valence-electron chi connectivity index (χ3n) is 2.51. The molecule has 0 spiro atoms. The quantitative estimate of drug-likeness (QED) is 0.496. The first-order valence-corrected chi connectivity index (χ1v) is 4.84. The number of rotatable bonds is 2. The van der Waals surface area contributed by atoms with Crippen molar-refractivity contribution in [1.82, 2.24) is 4.98 Å². The normalized spacial score (nSPS) is 10.6. The van der Waals surface area contributed by atoms with Crippen molar-refractivity contribution < 1.29 is 9.72 Å². The Hall–Kier alpha value is -1.88. The van der Waals surface area contributed by atoms with E-state index in [1.165, 1.54) is 12.1 Å². The molecule has 0 aliphatic carbocycles. The molecule has 0 aliphatic rings. The molecule has 0 aliphatic heterocycles. The zero-order valence-electron chi connectivity index (χ0n) is 8.28. The van der Waals surface area contributed by atoms with Crippen LogP contribution in [0.5, 0.6) is 0 Å². The average molecular weight is 239 g/mol. The lowest BCUT2D eigenvalue weighted by Crippen LogP contribution is -1.92. The Morgan fingerprint density at radius 2 is 2.19 bits per heavy atom. The SMILES string of the molecule is Cc1c([N+](=O)[O-])ccc2c(C=O)c(Cl)[nH]c12. The number of nitro groups is 1. The molecule has 1 aromatic carbocycles. The van der Waals surface area contributed by atoms with Gasteiger partial charge in [-0.2, -0.15) is 0 Å². The first kappa shape index (κ1) is 10.6. The van der Waals surface area contributed by atoms with Crippen LogP contribution in [0, 0.1) is 17.0 Å². The smallest absolute Gasteiger partial charge is 0.274 e. The molecule has 0 saturated carbocycles. The fourth-order valence-corrected chi connectivity index (χ4v) is 1.94. The number of benzene rings is 1. The van der Waals surface area contributed by atoms with Crippen molar-refractivity contribution in [1.29, 1.82) is 0 Å². The number of fused-ring (bicyclic) bond motifs is 1. The monoisotopic (exact) mass is 238 g/mol. The van der Waals surface area contributed by atoms with Gasteiger partial charge in [-0.05, 0) is 13.0 Å². The van der Waals surface area contributed by atoms with Gasteiger partial charge in [0.2, 0.25) is 0 Å². The minimum atomic E-state index is -0.468. The van der Waals surface area contributed by atoms with Crippen molar-refractivity contribution >= 4 is 34.5 Å². The molecule has 1 N–H and O–H groups in total. The molecule has 2 rings (SSSR count). The number of aromatic amines is 1. The molecule has 5 nitrogen and oxygen atoms in total. The Balaban J connectivity index is 2.86. The standard InChI is InChI=1S/C10H7ClN2O3/c1-5-8(13(15)16)3-2-6-7(4-14)10(11)12-9(5)6/h2-4,12H,1H3. The molecule has 1 heterocycles. The number of nitrogens with one attached hydrogen (secondary N) is 1. The van der Waals surface area contributed by atoms with Crippen LogP contribution in [0.25, 0.3) is 10.9 Å². The van der Waals surface area contributed by atoms with Crippen LogP contribution in [-0.4, -0.2) is 16.2 Å². The fourth-order valence-electron chi connectivity index (χ4n) is 1.69. The van der Waals surface area contributed by atoms with Gasteiger partial charge in [0.1, 0.15) is 5.15 Å². The van der Waals surface area contributed by atoms with Gasteiger partial charge < -0.3 is 4.98 Å². The minimum absolute atomic E-state index is 0.00265. The van der Waals surface area contributed by atoms with Gasteiger partial charge in [0.25, 0.3) is 5.69 Å². The van der Waals surface area contributed by atoms with Gasteiger partial charge in [0.15, 0.2) is 6.29 Å². The van der Waals surface area contributed by atoms with Crippen molar-refractivity contribution in [3.63, 3.8) is 0 Å². The van der Waals surface area contributed by atoms with E-state index >= 15 is 0 Å². The summed E-state index contributed by atoms with van der Waals surface area (Å²) in [5.74, 6) is 0. The second-order valence-corrected chi connectivity index (χ2v) is 3.74. The number of carbonyl (C=O) groups excluding carboxylic acids is 1. The molecule has 6 heteroatoms. The molecular formula is C10H7ClN2O3. The first-order valence-electron chi connectivity index (χ1n) is 4.46. The van der Waals surface area contributed by atoms with Crippen LogP contribution in [-0.2, 0) is 0 Å². The highest BCUT2D eigenvalue weighted by molar-refractivity contribution is 6.34. The van der Waals surface area contributed by atoms with E-state index in [1.54, 1.807) is 6.92 Å². The summed E-state index contributed by atoms with van der Waals surface area (Å²) < 4.78 is 0. The number of aryl methyl sites for hydroxylation is 1. The maximum absolute atomic E-state index is 10.8. The third kappa shape index (κ3) is 1.37. The fraction of sp³-hybridized carbons (Fsp3) is 0.100. The molecule has 0 fully saturated rings. The van der Waals surface area contributed by atoms with Crippen LogP contribution in [0.3, 0.4) is 0 Å². The van der Waals surface area contributed by atoms with E-state index in [1.807, 2.05) is 0 Å². The predicted octanol–water partition coefficient (Wildman–Crippen LogP) is 2.85. The molecule has 82 valence electrons. The largest absolute Gasteiger partial charge is 0.345 e. The van der Waals surface area contributed by atoms with Crippen LogP contribution in [0.2, 0.25) is 5.15 Å². The summed E-state index contributed by atoms with van der Waals surface area (Å²) >= 11 is 5.81. The predicted molar refractivity (Wildman–Crippen MR) is 60.1 cm³/mol. The summed E-state index contributed by atoms with van der Waals surface area (Å²) in [6, 6.07) is 2.89. The molecule has 0 atom stereocenters. The summed E-state index contributed by atoms with van der Waals surface area (Å²) in [6.07, 6.45) is 0.631. The highest BCUT2D eigenvalue weighted by atomic mass is 35.5. The number of aldehydes is 1. The first-order chi connectivity index (χ1) is 7.56. The average Bonchev–Trinajstić information content (AvgIpc) is 2.55.